The van der Waals surface area contributed by atoms with Gasteiger partial charge in [0.15, 0.2) is 0 Å². The van der Waals surface area contributed by atoms with Crippen LogP contribution in [0, 0.1) is 0 Å². The molecule has 1 aliphatic carbocycles. The number of aliphatic hydroxyl groups is 1. The number of aromatic nitrogens is 1. The number of pyridine rings is 1. The van der Waals surface area contributed by atoms with Crippen molar-refractivity contribution < 1.29 is 5.11 Å². The van der Waals surface area contributed by atoms with Crippen molar-refractivity contribution in [1.29, 1.82) is 0 Å². The van der Waals surface area contributed by atoms with Gasteiger partial charge in [0.25, 0.3) is 0 Å². The predicted octanol–water partition coefficient (Wildman–Crippen LogP) is 1.24. The maximum absolute atomic E-state index is 9.83. The summed E-state index contributed by atoms with van der Waals surface area (Å²) in [5.74, 6) is 0. The molecule has 1 N–H and O–H groups in total. The Labute approximate surface area is 65.9 Å². The van der Waals surface area contributed by atoms with Crippen LogP contribution in [0.4, 0.5) is 0 Å². The van der Waals surface area contributed by atoms with Crippen molar-refractivity contribution >= 4 is 0 Å². The smallest absolute Gasteiger partial charge is 0.0966 e. The third-order valence-electron chi connectivity index (χ3n) is 2.44. The highest BCUT2D eigenvalue weighted by molar-refractivity contribution is 5.37. The molecule has 0 fully saturated rings. The lowest BCUT2D eigenvalue weighted by molar-refractivity contribution is 0.00625. The Hall–Kier alpha value is -0.890. The first-order valence-corrected chi connectivity index (χ1v) is 3.93. The Bertz CT molecular complexity index is 285. The Balaban J connectivity index is 2.43. The fourth-order valence-corrected chi connectivity index (χ4v) is 1.58. The van der Waals surface area contributed by atoms with Crippen LogP contribution < -0.4 is 0 Å². The largest absolute Gasteiger partial charge is 0.385 e. The summed E-state index contributed by atoms with van der Waals surface area (Å²) in [6, 6.07) is 3.83. The molecule has 0 amide bonds. The molecule has 0 aliphatic heterocycles. The molecule has 0 saturated carbocycles. The average molecular weight is 149 g/mol. The van der Waals surface area contributed by atoms with Crippen LogP contribution >= 0.6 is 0 Å². The summed E-state index contributed by atoms with van der Waals surface area (Å²) in [6.07, 6.45) is 3.28. The van der Waals surface area contributed by atoms with Crippen molar-refractivity contribution in [3.63, 3.8) is 0 Å². The molecule has 0 spiro atoms. The van der Waals surface area contributed by atoms with Crippen LogP contribution in [0.15, 0.2) is 18.3 Å². The summed E-state index contributed by atoms with van der Waals surface area (Å²) in [4.78, 5) is 4.15. The summed E-state index contributed by atoms with van der Waals surface area (Å²) in [6.45, 7) is 2.00. The molecule has 0 bridgehead atoms. The first-order chi connectivity index (χ1) is 5.26. The van der Waals surface area contributed by atoms with Crippen molar-refractivity contribution in [2.75, 3.05) is 0 Å². The van der Waals surface area contributed by atoms with E-state index in [4.69, 9.17) is 0 Å². The SMILES string of the molecule is CCC1(O)Cc2ncccc21. The zero-order valence-electron chi connectivity index (χ0n) is 6.54. The van der Waals surface area contributed by atoms with E-state index in [1.54, 1.807) is 6.20 Å². The fourth-order valence-electron chi connectivity index (χ4n) is 1.58. The minimum absolute atomic E-state index is 0.566. The summed E-state index contributed by atoms with van der Waals surface area (Å²) >= 11 is 0. The lowest BCUT2D eigenvalue weighted by Gasteiger charge is -2.37. The van der Waals surface area contributed by atoms with Gasteiger partial charge in [-0.1, -0.05) is 13.0 Å². The summed E-state index contributed by atoms with van der Waals surface area (Å²) in [5.41, 5.74) is 1.50. The molecule has 1 heterocycles. The molecule has 1 unspecified atom stereocenters. The van der Waals surface area contributed by atoms with Gasteiger partial charge in [-0.3, -0.25) is 4.98 Å². The van der Waals surface area contributed by atoms with E-state index in [1.807, 2.05) is 19.1 Å². The van der Waals surface area contributed by atoms with Crippen LogP contribution in [0.5, 0.6) is 0 Å². The maximum atomic E-state index is 9.83. The highest BCUT2D eigenvalue weighted by Crippen LogP contribution is 2.39. The Morgan fingerprint density at radius 2 is 2.55 bits per heavy atom. The molecule has 58 valence electrons. The van der Waals surface area contributed by atoms with E-state index in [-0.39, 0.29) is 0 Å². The molecule has 0 saturated heterocycles. The van der Waals surface area contributed by atoms with Gasteiger partial charge >= 0.3 is 0 Å². The second-order valence-corrected chi connectivity index (χ2v) is 3.06. The number of rotatable bonds is 1. The third-order valence-corrected chi connectivity index (χ3v) is 2.44. The van der Waals surface area contributed by atoms with Gasteiger partial charge in [0.05, 0.1) is 5.60 Å². The topological polar surface area (TPSA) is 33.1 Å². The molecule has 1 atom stereocenters. The molecule has 1 aromatic heterocycles. The molecule has 0 aromatic carbocycles. The zero-order chi connectivity index (χ0) is 7.90. The van der Waals surface area contributed by atoms with Crippen molar-refractivity contribution in [2.24, 2.45) is 0 Å². The van der Waals surface area contributed by atoms with Crippen molar-refractivity contribution in [3.8, 4) is 0 Å². The van der Waals surface area contributed by atoms with Crippen LogP contribution in [0.25, 0.3) is 0 Å². The quantitative estimate of drug-likeness (QED) is 0.651. The van der Waals surface area contributed by atoms with Gasteiger partial charge in [0.2, 0.25) is 0 Å². The molecule has 1 aromatic rings. The van der Waals surface area contributed by atoms with Gasteiger partial charge in [0.1, 0.15) is 0 Å². The molecular weight excluding hydrogens is 138 g/mol. The van der Waals surface area contributed by atoms with Gasteiger partial charge < -0.3 is 5.11 Å². The molecule has 11 heavy (non-hydrogen) atoms. The van der Waals surface area contributed by atoms with Crippen molar-refractivity contribution in [2.45, 2.75) is 25.4 Å². The summed E-state index contributed by atoms with van der Waals surface area (Å²) < 4.78 is 0. The normalized spacial score (nSPS) is 27.5. The summed E-state index contributed by atoms with van der Waals surface area (Å²) in [7, 11) is 0. The molecule has 2 heteroatoms. The predicted molar refractivity (Wildman–Crippen MR) is 42.1 cm³/mol. The highest BCUT2D eigenvalue weighted by atomic mass is 16.3. The van der Waals surface area contributed by atoms with Crippen LogP contribution in [-0.4, -0.2) is 10.1 Å². The van der Waals surface area contributed by atoms with Gasteiger partial charge in [-0.05, 0) is 12.5 Å². The first-order valence-electron chi connectivity index (χ1n) is 3.93. The van der Waals surface area contributed by atoms with Gasteiger partial charge in [-0.25, -0.2) is 0 Å². The fraction of sp³-hybridized carbons (Fsp3) is 0.444. The van der Waals surface area contributed by atoms with E-state index in [9.17, 15) is 5.11 Å². The number of nitrogens with zero attached hydrogens (tertiary/aromatic N) is 1. The lowest BCUT2D eigenvalue weighted by Crippen LogP contribution is -2.38. The lowest BCUT2D eigenvalue weighted by atomic mass is 9.75. The summed E-state index contributed by atoms with van der Waals surface area (Å²) in [5, 5.41) is 9.83. The van der Waals surface area contributed by atoms with Gasteiger partial charge in [-0.2, -0.15) is 0 Å². The first kappa shape index (κ1) is 6.80. The van der Waals surface area contributed by atoms with Gasteiger partial charge in [0, 0.05) is 23.9 Å². The van der Waals surface area contributed by atoms with E-state index in [1.165, 1.54) is 0 Å². The van der Waals surface area contributed by atoms with E-state index >= 15 is 0 Å². The van der Waals surface area contributed by atoms with Crippen molar-refractivity contribution in [3.05, 3.63) is 29.6 Å². The Kier molecular flexibility index (Phi) is 1.26. The monoisotopic (exact) mass is 149 g/mol. The highest BCUT2D eigenvalue weighted by Gasteiger charge is 2.39. The standard InChI is InChI=1S/C9H11NO/c1-2-9(11)6-8-7(9)4-3-5-10-8/h3-5,11H,2,6H2,1H3. The molecule has 1 aliphatic rings. The second kappa shape index (κ2) is 2.05. The Morgan fingerprint density at radius 3 is 3.18 bits per heavy atom. The molecule has 0 radical (unpaired) electrons. The van der Waals surface area contributed by atoms with E-state index < -0.39 is 5.60 Å². The van der Waals surface area contributed by atoms with Crippen LogP contribution in [0.1, 0.15) is 24.6 Å². The van der Waals surface area contributed by atoms with Gasteiger partial charge in [-0.15, -0.1) is 0 Å². The molecular formula is C9H11NO. The number of fused-ring (bicyclic) bond motifs is 1. The van der Waals surface area contributed by atoms with E-state index in [2.05, 4.69) is 4.98 Å². The minimum Gasteiger partial charge on any atom is -0.385 e. The van der Waals surface area contributed by atoms with Crippen LogP contribution in [0.2, 0.25) is 0 Å². The molecule has 2 nitrogen and oxygen atoms in total. The van der Waals surface area contributed by atoms with Crippen LogP contribution in [-0.2, 0) is 12.0 Å². The van der Waals surface area contributed by atoms with E-state index in [0.717, 1.165) is 24.1 Å². The maximum Gasteiger partial charge on any atom is 0.0966 e. The third kappa shape index (κ3) is 0.792. The second-order valence-electron chi connectivity index (χ2n) is 3.06. The van der Waals surface area contributed by atoms with E-state index in [0.29, 0.717) is 0 Å². The minimum atomic E-state index is -0.566. The number of hydrogen-bond acceptors (Lipinski definition) is 2. The zero-order valence-corrected chi connectivity index (χ0v) is 6.54. The van der Waals surface area contributed by atoms with Crippen LogP contribution in [0.3, 0.4) is 0 Å². The number of hydrogen-bond donors (Lipinski definition) is 1. The molecule has 2 rings (SSSR count). The van der Waals surface area contributed by atoms with Crippen molar-refractivity contribution in [1.82, 2.24) is 4.98 Å². The average Bonchev–Trinajstić information content (AvgIpc) is 2.02. The Morgan fingerprint density at radius 1 is 1.73 bits per heavy atom.